The van der Waals surface area contributed by atoms with E-state index in [0.717, 1.165) is 19.3 Å². The average molecular weight is 400 g/mol. The predicted molar refractivity (Wildman–Crippen MR) is 90.7 cm³/mol. The van der Waals surface area contributed by atoms with Gasteiger partial charge in [-0.2, -0.15) is 0 Å². The molecule has 0 saturated heterocycles. The highest BCUT2D eigenvalue weighted by molar-refractivity contribution is 5.73. The Morgan fingerprint density at radius 2 is 1.26 bits per heavy atom. The molecule has 0 aliphatic rings. The van der Waals surface area contributed by atoms with E-state index in [2.05, 4.69) is 0 Å². The third kappa shape index (κ3) is 8.34. The third-order valence-corrected chi connectivity index (χ3v) is 4.18. The number of carbonyl (C=O) groups is 1. The first-order chi connectivity index (χ1) is 12.6. The molecule has 0 aliphatic heterocycles. The molecule has 8 atom stereocenters. The standard InChI is InChI=1S/C16H32O11/c1-2-3-4-5-6-27-15(16(25)26)14(24)13(23)12(22)11(21)10(20)9(19)8(18)7-17/h8-15,17-24H,2-7H2,1H3,(H,25,26). The van der Waals surface area contributed by atoms with Gasteiger partial charge in [0.05, 0.1) is 6.61 Å². The van der Waals surface area contributed by atoms with Crippen LogP contribution in [0.3, 0.4) is 0 Å². The molecule has 0 amide bonds. The number of hydrogen-bond donors (Lipinski definition) is 9. The van der Waals surface area contributed by atoms with Crippen molar-refractivity contribution in [2.45, 2.75) is 81.4 Å². The Hall–Kier alpha value is -0.890. The van der Waals surface area contributed by atoms with Crippen LogP contribution < -0.4 is 0 Å². The average Bonchev–Trinajstić information content (AvgIpc) is 2.66. The fourth-order valence-electron chi connectivity index (χ4n) is 2.38. The van der Waals surface area contributed by atoms with Crippen molar-refractivity contribution in [2.24, 2.45) is 0 Å². The Balaban J connectivity index is 4.87. The van der Waals surface area contributed by atoms with E-state index in [4.69, 9.17) is 14.9 Å². The van der Waals surface area contributed by atoms with E-state index in [1.165, 1.54) is 0 Å². The van der Waals surface area contributed by atoms with Crippen LogP contribution in [0.15, 0.2) is 0 Å². The smallest absolute Gasteiger partial charge is 0.335 e. The Labute approximate surface area is 157 Å². The van der Waals surface area contributed by atoms with Crippen LogP contribution in [0.4, 0.5) is 0 Å². The van der Waals surface area contributed by atoms with Gasteiger partial charge >= 0.3 is 5.97 Å². The second kappa shape index (κ2) is 13.3. The minimum atomic E-state index is -2.28. The maximum Gasteiger partial charge on any atom is 0.335 e. The van der Waals surface area contributed by atoms with E-state index in [1.54, 1.807) is 0 Å². The van der Waals surface area contributed by atoms with E-state index >= 15 is 0 Å². The molecule has 0 aromatic heterocycles. The van der Waals surface area contributed by atoms with Gasteiger partial charge in [-0.15, -0.1) is 0 Å². The lowest BCUT2D eigenvalue weighted by Crippen LogP contribution is -2.57. The molecule has 0 aromatic carbocycles. The molecule has 0 saturated carbocycles. The predicted octanol–water partition coefficient (Wildman–Crippen LogP) is -3.44. The Kier molecular flexibility index (Phi) is 12.9. The fourth-order valence-corrected chi connectivity index (χ4v) is 2.38. The lowest BCUT2D eigenvalue weighted by molar-refractivity contribution is -0.191. The number of hydrogen-bond acceptors (Lipinski definition) is 10. The summed E-state index contributed by atoms with van der Waals surface area (Å²) < 4.78 is 5.04. The van der Waals surface area contributed by atoms with Gasteiger partial charge in [0, 0.05) is 6.61 Å². The summed E-state index contributed by atoms with van der Waals surface area (Å²) in [5, 5.41) is 85.9. The summed E-state index contributed by atoms with van der Waals surface area (Å²) in [6, 6.07) is 0. The van der Waals surface area contributed by atoms with Crippen LogP contribution in [0.2, 0.25) is 0 Å². The van der Waals surface area contributed by atoms with E-state index in [0.29, 0.717) is 6.42 Å². The minimum absolute atomic E-state index is 0.0105. The van der Waals surface area contributed by atoms with Crippen molar-refractivity contribution in [3.8, 4) is 0 Å². The van der Waals surface area contributed by atoms with Gasteiger partial charge in [0.1, 0.15) is 42.7 Å². The zero-order valence-electron chi connectivity index (χ0n) is 15.2. The molecule has 0 fully saturated rings. The minimum Gasteiger partial charge on any atom is -0.479 e. The maximum absolute atomic E-state index is 11.2. The van der Waals surface area contributed by atoms with E-state index in [-0.39, 0.29) is 6.61 Å². The number of unbranched alkanes of at least 4 members (excludes halogenated alkanes) is 3. The molecular weight excluding hydrogens is 368 g/mol. The summed E-state index contributed by atoms with van der Waals surface area (Å²) >= 11 is 0. The highest BCUT2D eigenvalue weighted by Crippen LogP contribution is 2.16. The van der Waals surface area contributed by atoms with Gasteiger partial charge in [-0.05, 0) is 6.42 Å². The summed E-state index contributed by atoms with van der Waals surface area (Å²) in [6.07, 6.45) is -13.7. The van der Waals surface area contributed by atoms with E-state index in [9.17, 15) is 40.5 Å². The highest BCUT2D eigenvalue weighted by atomic mass is 16.5. The molecule has 11 nitrogen and oxygen atoms in total. The maximum atomic E-state index is 11.2. The first-order valence-corrected chi connectivity index (χ1v) is 8.81. The van der Waals surface area contributed by atoms with Gasteiger partial charge in [0.2, 0.25) is 0 Å². The number of aliphatic hydroxyl groups is 8. The van der Waals surface area contributed by atoms with Crippen LogP contribution in [0, 0.1) is 0 Å². The Bertz CT molecular complexity index is 408. The topological polar surface area (TPSA) is 208 Å². The lowest BCUT2D eigenvalue weighted by Gasteiger charge is -2.33. The quantitative estimate of drug-likeness (QED) is 0.123. The summed E-state index contributed by atoms with van der Waals surface area (Å²) in [4.78, 5) is 11.2. The number of aliphatic hydroxyl groups excluding tert-OH is 8. The van der Waals surface area contributed by atoms with Crippen LogP contribution in [0.1, 0.15) is 32.6 Å². The largest absolute Gasteiger partial charge is 0.479 e. The molecule has 0 aromatic rings. The number of rotatable bonds is 15. The van der Waals surface area contributed by atoms with Crippen molar-refractivity contribution < 1.29 is 55.5 Å². The zero-order valence-corrected chi connectivity index (χ0v) is 15.2. The monoisotopic (exact) mass is 400 g/mol. The van der Waals surface area contributed by atoms with Gasteiger partial charge < -0.3 is 50.7 Å². The highest BCUT2D eigenvalue weighted by Gasteiger charge is 2.42. The lowest BCUT2D eigenvalue weighted by atomic mass is 9.93. The molecule has 0 radical (unpaired) electrons. The second-order valence-electron chi connectivity index (χ2n) is 6.38. The van der Waals surface area contributed by atoms with Crippen LogP contribution in [0.5, 0.6) is 0 Å². The van der Waals surface area contributed by atoms with Crippen molar-refractivity contribution in [1.82, 2.24) is 0 Å². The van der Waals surface area contributed by atoms with E-state index < -0.39 is 61.4 Å². The van der Waals surface area contributed by atoms with Crippen molar-refractivity contribution in [1.29, 1.82) is 0 Å². The van der Waals surface area contributed by atoms with Crippen LogP contribution in [-0.4, -0.2) is 114 Å². The molecule has 0 bridgehead atoms. The molecule has 11 heteroatoms. The molecule has 0 spiro atoms. The molecule has 9 N–H and O–H groups in total. The van der Waals surface area contributed by atoms with Crippen molar-refractivity contribution >= 4 is 5.97 Å². The third-order valence-electron chi connectivity index (χ3n) is 4.18. The van der Waals surface area contributed by atoms with Gasteiger partial charge in [-0.25, -0.2) is 4.79 Å². The van der Waals surface area contributed by atoms with Crippen LogP contribution in [-0.2, 0) is 9.53 Å². The second-order valence-corrected chi connectivity index (χ2v) is 6.38. The Morgan fingerprint density at radius 1 is 0.778 bits per heavy atom. The molecular formula is C16H32O11. The first kappa shape index (κ1) is 26.1. The zero-order chi connectivity index (χ0) is 21.1. The number of aliphatic carboxylic acids is 1. The SMILES string of the molecule is CCCCCCOC(C(=O)O)C(O)C(O)C(O)C(O)C(O)C(O)C(O)CO. The van der Waals surface area contributed by atoms with Gasteiger partial charge in [0.25, 0.3) is 0 Å². The molecule has 8 unspecified atom stereocenters. The van der Waals surface area contributed by atoms with Crippen LogP contribution in [0.25, 0.3) is 0 Å². The molecule has 27 heavy (non-hydrogen) atoms. The summed E-state index contributed by atoms with van der Waals surface area (Å²) in [7, 11) is 0. The number of carboxylic acid groups (broad SMARTS) is 1. The number of carboxylic acids is 1. The van der Waals surface area contributed by atoms with Gasteiger partial charge in [-0.3, -0.25) is 0 Å². The van der Waals surface area contributed by atoms with Crippen molar-refractivity contribution in [2.75, 3.05) is 13.2 Å². The fraction of sp³-hybridized carbons (Fsp3) is 0.938. The van der Waals surface area contributed by atoms with E-state index in [1.807, 2.05) is 6.92 Å². The normalized spacial score (nSPS) is 20.9. The summed E-state index contributed by atoms with van der Waals surface area (Å²) in [6.45, 7) is 1.03. The first-order valence-electron chi connectivity index (χ1n) is 8.81. The number of ether oxygens (including phenoxy) is 1. The molecule has 0 rings (SSSR count). The summed E-state index contributed by atoms with van der Waals surface area (Å²) in [5.41, 5.74) is 0. The Morgan fingerprint density at radius 3 is 1.70 bits per heavy atom. The van der Waals surface area contributed by atoms with Crippen molar-refractivity contribution in [3.63, 3.8) is 0 Å². The van der Waals surface area contributed by atoms with Crippen LogP contribution >= 0.6 is 0 Å². The molecule has 0 heterocycles. The van der Waals surface area contributed by atoms with Gasteiger partial charge in [-0.1, -0.05) is 26.2 Å². The summed E-state index contributed by atoms with van der Waals surface area (Å²) in [5.74, 6) is -1.60. The molecule has 162 valence electrons. The molecule has 0 aliphatic carbocycles. The van der Waals surface area contributed by atoms with Gasteiger partial charge in [0.15, 0.2) is 6.10 Å². The van der Waals surface area contributed by atoms with Crippen molar-refractivity contribution in [3.05, 3.63) is 0 Å².